The van der Waals surface area contributed by atoms with Gasteiger partial charge in [-0.2, -0.15) is 0 Å². The number of carbonyl (C=O) groups is 2. The van der Waals surface area contributed by atoms with Gasteiger partial charge < -0.3 is 15.1 Å². The second-order valence-electron chi connectivity index (χ2n) is 8.16. The molecular weight excluding hydrogens is 345 g/mol. The lowest BCUT2D eigenvalue weighted by Gasteiger charge is -2.40. The topological polar surface area (TPSA) is 52.7 Å². The monoisotopic (exact) mass is 375 g/mol. The van der Waals surface area contributed by atoms with Gasteiger partial charge in [0.1, 0.15) is 5.82 Å². The van der Waals surface area contributed by atoms with E-state index in [1.165, 1.54) is 6.07 Å². The number of nitrogens with zero attached hydrogens (tertiary/aromatic N) is 2. The highest BCUT2D eigenvalue weighted by Gasteiger charge is 2.41. The molecule has 2 unspecified atom stereocenters. The Balaban J connectivity index is 1.71. The first-order valence-corrected chi connectivity index (χ1v) is 9.85. The molecule has 0 bridgehead atoms. The Morgan fingerprint density at radius 1 is 1.19 bits per heavy atom. The number of carbonyl (C=O) groups excluding carboxylic acids is 2. The molecule has 1 aliphatic heterocycles. The molecular formula is C21H30FN3O2. The average Bonchev–Trinajstić information content (AvgIpc) is 3.47. The number of aryl methyl sites for hydroxylation is 1. The van der Waals surface area contributed by atoms with Crippen molar-refractivity contribution in [3.8, 4) is 0 Å². The number of benzene rings is 1. The smallest absolute Gasteiger partial charge is 0.226 e. The van der Waals surface area contributed by atoms with Crippen LogP contribution in [0.4, 0.5) is 4.39 Å². The third-order valence-electron chi connectivity index (χ3n) is 5.59. The van der Waals surface area contributed by atoms with Gasteiger partial charge in [0.25, 0.3) is 0 Å². The summed E-state index contributed by atoms with van der Waals surface area (Å²) in [7, 11) is 3.94. The van der Waals surface area contributed by atoms with Gasteiger partial charge in [-0.1, -0.05) is 12.1 Å². The van der Waals surface area contributed by atoms with Crippen LogP contribution in [0.3, 0.4) is 0 Å². The first-order valence-electron chi connectivity index (χ1n) is 9.85. The fourth-order valence-electron chi connectivity index (χ4n) is 3.76. The number of rotatable bonds is 6. The summed E-state index contributed by atoms with van der Waals surface area (Å²) in [6.07, 6.45) is 3.34. The van der Waals surface area contributed by atoms with Crippen LogP contribution < -0.4 is 5.32 Å². The number of piperidine rings is 1. The highest BCUT2D eigenvalue weighted by atomic mass is 19.1. The van der Waals surface area contributed by atoms with Crippen molar-refractivity contribution in [1.82, 2.24) is 15.1 Å². The lowest BCUT2D eigenvalue weighted by Crippen LogP contribution is -2.48. The number of amides is 2. The molecule has 27 heavy (non-hydrogen) atoms. The van der Waals surface area contributed by atoms with E-state index < -0.39 is 0 Å². The van der Waals surface area contributed by atoms with E-state index in [1.807, 2.05) is 30.0 Å². The summed E-state index contributed by atoms with van der Waals surface area (Å²) in [4.78, 5) is 29.3. The Labute approximate surface area is 160 Å². The second kappa shape index (κ2) is 8.38. The zero-order valence-corrected chi connectivity index (χ0v) is 16.5. The molecule has 2 amide bonds. The Morgan fingerprint density at radius 2 is 1.89 bits per heavy atom. The fraction of sp³-hybridized carbons (Fsp3) is 0.619. The molecule has 1 aliphatic carbocycles. The molecule has 1 aromatic carbocycles. The summed E-state index contributed by atoms with van der Waals surface area (Å²) in [5.41, 5.74) is 1.56. The minimum Gasteiger partial charge on any atom is -0.355 e. The SMILES string of the molecule is Cc1cc(C2CCC(C(=O)NCCN(C)C)CN2C(=O)C2CC2)ccc1F. The Bertz CT molecular complexity index is 703. The molecule has 6 heteroatoms. The van der Waals surface area contributed by atoms with Gasteiger partial charge in [-0.05, 0) is 63.9 Å². The zero-order valence-electron chi connectivity index (χ0n) is 16.5. The van der Waals surface area contributed by atoms with Crippen molar-refractivity contribution in [1.29, 1.82) is 0 Å². The molecule has 0 spiro atoms. The van der Waals surface area contributed by atoms with Crippen LogP contribution in [0.2, 0.25) is 0 Å². The van der Waals surface area contributed by atoms with Gasteiger partial charge in [0.05, 0.1) is 12.0 Å². The maximum Gasteiger partial charge on any atom is 0.226 e. The third kappa shape index (κ3) is 4.86. The van der Waals surface area contributed by atoms with E-state index in [1.54, 1.807) is 13.0 Å². The predicted octanol–water partition coefficient (Wildman–Crippen LogP) is 2.50. The first-order chi connectivity index (χ1) is 12.9. The molecule has 0 radical (unpaired) electrons. The van der Waals surface area contributed by atoms with Crippen LogP contribution in [-0.2, 0) is 9.59 Å². The third-order valence-corrected chi connectivity index (χ3v) is 5.59. The Hall–Kier alpha value is -1.95. The molecule has 148 valence electrons. The second-order valence-corrected chi connectivity index (χ2v) is 8.16. The first kappa shape index (κ1) is 19.8. The van der Waals surface area contributed by atoms with Crippen molar-refractivity contribution in [3.05, 3.63) is 35.1 Å². The van der Waals surface area contributed by atoms with Crippen LogP contribution in [0.15, 0.2) is 18.2 Å². The van der Waals surface area contributed by atoms with Gasteiger partial charge in [0.2, 0.25) is 11.8 Å². The largest absolute Gasteiger partial charge is 0.355 e. The minimum atomic E-state index is -0.229. The van der Waals surface area contributed by atoms with Crippen LogP contribution in [-0.4, -0.2) is 55.3 Å². The molecule has 2 aliphatic rings. The molecule has 1 N–H and O–H groups in total. The summed E-state index contributed by atoms with van der Waals surface area (Å²) in [5.74, 6) is -0.128. The van der Waals surface area contributed by atoms with E-state index in [9.17, 15) is 14.0 Å². The van der Waals surface area contributed by atoms with Crippen molar-refractivity contribution in [2.24, 2.45) is 11.8 Å². The van der Waals surface area contributed by atoms with Crippen molar-refractivity contribution >= 4 is 11.8 Å². The molecule has 2 atom stereocenters. The quantitative estimate of drug-likeness (QED) is 0.831. The van der Waals surface area contributed by atoms with Crippen molar-refractivity contribution in [3.63, 3.8) is 0 Å². The maximum atomic E-state index is 13.7. The van der Waals surface area contributed by atoms with Gasteiger partial charge in [0, 0.05) is 25.6 Å². The number of hydrogen-bond acceptors (Lipinski definition) is 3. The van der Waals surface area contributed by atoms with Crippen molar-refractivity contribution < 1.29 is 14.0 Å². The Morgan fingerprint density at radius 3 is 2.52 bits per heavy atom. The van der Waals surface area contributed by atoms with E-state index in [0.29, 0.717) is 18.7 Å². The Kier molecular flexibility index (Phi) is 6.15. The van der Waals surface area contributed by atoms with Crippen LogP contribution in [0.1, 0.15) is 42.9 Å². The van der Waals surface area contributed by atoms with Gasteiger partial charge >= 0.3 is 0 Å². The van der Waals surface area contributed by atoms with Gasteiger partial charge in [-0.15, -0.1) is 0 Å². The van der Waals surface area contributed by atoms with Gasteiger partial charge in [-0.3, -0.25) is 9.59 Å². The number of halogens is 1. The number of likely N-dealkylation sites (tertiary alicyclic amines) is 1. The number of hydrogen-bond donors (Lipinski definition) is 1. The normalized spacial score (nSPS) is 22.8. The van der Waals surface area contributed by atoms with Crippen LogP contribution >= 0.6 is 0 Å². The summed E-state index contributed by atoms with van der Waals surface area (Å²) >= 11 is 0. The standard InChI is InChI=1S/C21H30FN3O2/c1-14-12-16(6-8-18(14)22)19-9-7-17(20(26)23-10-11-24(2)3)13-25(19)21(27)15-4-5-15/h6,8,12,15,17,19H,4-5,7,9-11,13H2,1-3H3,(H,23,26). The highest BCUT2D eigenvalue weighted by molar-refractivity contribution is 5.84. The van der Waals surface area contributed by atoms with Crippen molar-refractivity contribution in [2.45, 2.75) is 38.6 Å². The van der Waals surface area contributed by atoms with E-state index in [2.05, 4.69) is 5.32 Å². The summed E-state index contributed by atoms with van der Waals surface area (Å²) in [6, 6.07) is 5.02. The lowest BCUT2D eigenvalue weighted by molar-refractivity contribution is -0.140. The zero-order chi connectivity index (χ0) is 19.6. The van der Waals surface area contributed by atoms with E-state index in [0.717, 1.165) is 37.8 Å². The number of likely N-dealkylation sites (N-methyl/N-ethyl adjacent to an activating group) is 1. The minimum absolute atomic E-state index is 0.0270. The van der Waals surface area contributed by atoms with Crippen LogP contribution in [0.25, 0.3) is 0 Å². The molecule has 1 saturated heterocycles. The van der Waals surface area contributed by atoms with E-state index >= 15 is 0 Å². The summed E-state index contributed by atoms with van der Waals surface area (Å²) in [5, 5.41) is 2.99. The maximum absolute atomic E-state index is 13.7. The van der Waals surface area contributed by atoms with Crippen LogP contribution in [0, 0.1) is 24.6 Å². The van der Waals surface area contributed by atoms with Gasteiger partial charge in [-0.25, -0.2) is 4.39 Å². The lowest BCUT2D eigenvalue weighted by atomic mass is 9.87. The number of nitrogens with one attached hydrogen (secondary N) is 1. The summed E-state index contributed by atoms with van der Waals surface area (Å²) in [6.45, 7) is 3.60. The fourth-order valence-corrected chi connectivity index (χ4v) is 3.76. The summed E-state index contributed by atoms with van der Waals surface area (Å²) < 4.78 is 13.7. The van der Waals surface area contributed by atoms with Crippen LogP contribution in [0.5, 0.6) is 0 Å². The molecule has 5 nitrogen and oxygen atoms in total. The molecule has 0 aromatic heterocycles. The molecule has 1 heterocycles. The predicted molar refractivity (Wildman–Crippen MR) is 103 cm³/mol. The van der Waals surface area contributed by atoms with E-state index in [4.69, 9.17) is 0 Å². The molecule has 1 aromatic rings. The van der Waals surface area contributed by atoms with Crippen molar-refractivity contribution in [2.75, 3.05) is 33.7 Å². The van der Waals surface area contributed by atoms with E-state index in [-0.39, 0.29) is 35.5 Å². The molecule has 3 rings (SSSR count). The molecule has 1 saturated carbocycles. The van der Waals surface area contributed by atoms with Gasteiger partial charge in [0.15, 0.2) is 0 Å². The average molecular weight is 375 g/mol. The molecule has 2 fully saturated rings. The highest BCUT2D eigenvalue weighted by Crippen LogP contribution is 2.39.